The molecule has 10 nitrogen and oxygen atoms in total. The summed E-state index contributed by atoms with van der Waals surface area (Å²) in [7, 11) is -4.12. The lowest BCUT2D eigenvalue weighted by atomic mass is 10.1. The number of halogens is 1. The van der Waals surface area contributed by atoms with E-state index in [4.69, 9.17) is 25.3 Å². The van der Waals surface area contributed by atoms with E-state index in [2.05, 4.69) is 5.32 Å². The number of hydrogen-bond acceptors (Lipinski definition) is 9. The van der Waals surface area contributed by atoms with Gasteiger partial charge in [0.15, 0.2) is 11.5 Å². The molecular weight excluding hydrogens is 568 g/mol. The van der Waals surface area contributed by atoms with Gasteiger partial charge in [0.1, 0.15) is 10.6 Å². The predicted molar refractivity (Wildman–Crippen MR) is 144 cm³/mol. The van der Waals surface area contributed by atoms with Crippen LogP contribution in [0.1, 0.15) is 18.1 Å². The van der Waals surface area contributed by atoms with E-state index in [0.29, 0.717) is 33.3 Å². The van der Waals surface area contributed by atoms with E-state index in [1.165, 1.54) is 49.4 Å². The Morgan fingerprint density at radius 1 is 1.08 bits per heavy atom. The smallest absolute Gasteiger partial charge is 0.339 e. The molecule has 0 unspecified atom stereocenters. The van der Waals surface area contributed by atoms with Gasteiger partial charge in [0.2, 0.25) is 12.7 Å². The second-order valence-electron chi connectivity index (χ2n) is 8.38. The molecule has 0 spiro atoms. The maximum Gasteiger partial charge on any atom is 0.339 e. The van der Waals surface area contributed by atoms with E-state index in [-0.39, 0.29) is 34.8 Å². The maximum absolute atomic E-state index is 13.0. The molecule has 0 aliphatic carbocycles. The first-order valence-corrected chi connectivity index (χ1v) is 13.9. The van der Waals surface area contributed by atoms with Crippen LogP contribution in [-0.4, -0.2) is 37.2 Å². The number of amides is 3. The van der Waals surface area contributed by atoms with Crippen molar-refractivity contribution in [2.75, 3.05) is 12.1 Å². The number of hydrogen-bond donors (Lipinski definition) is 1. The second-order valence-corrected chi connectivity index (χ2v) is 11.3. The third kappa shape index (κ3) is 5.87. The summed E-state index contributed by atoms with van der Waals surface area (Å²) in [5.41, 5.74) is 1.55. The van der Waals surface area contributed by atoms with Crippen molar-refractivity contribution in [1.82, 2.24) is 4.90 Å². The lowest BCUT2D eigenvalue weighted by Gasteiger charge is -2.14. The fourth-order valence-corrected chi connectivity index (χ4v) is 5.72. The maximum atomic E-state index is 13.0. The van der Waals surface area contributed by atoms with E-state index in [9.17, 15) is 22.8 Å². The Morgan fingerprint density at radius 2 is 1.74 bits per heavy atom. The monoisotopic (exact) mass is 586 g/mol. The lowest BCUT2D eigenvalue weighted by Crippen LogP contribution is -2.27. The lowest BCUT2D eigenvalue weighted by molar-refractivity contribution is -0.123. The molecule has 1 saturated heterocycles. The summed E-state index contributed by atoms with van der Waals surface area (Å²) in [4.78, 5) is 37.9. The van der Waals surface area contributed by atoms with Gasteiger partial charge in [-0.2, -0.15) is 8.42 Å². The summed E-state index contributed by atoms with van der Waals surface area (Å²) in [6.45, 7) is 1.38. The Hall–Kier alpha value is -4.00. The van der Waals surface area contributed by atoms with E-state index in [1.54, 1.807) is 24.3 Å². The third-order valence-corrected chi connectivity index (χ3v) is 8.11. The topological polar surface area (TPSA) is 128 Å². The summed E-state index contributed by atoms with van der Waals surface area (Å²) < 4.78 is 41.1. The highest BCUT2D eigenvalue weighted by Gasteiger charge is 2.35. The summed E-state index contributed by atoms with van der Waals surface area (Å²) >= 11 is 7.09. The number of imide groups is 1. The Bertz CT molecular complexity index is 1620. The van der Waals surface area contributed by atoms with Crippen molar-refractivity contribution in [2.24, 2.45) is 0 Å². The molecule has 13 heteroatoms. The molecule has 0 aromatic heterocycles. The molecule has 1 fully saturated rings. The summed E-state index contributed by atoms with van der Waals surface area (Å²) in [6, 6.07) is 14.8. The van der Waals surface area contributed by atoms with Crippen molar-refractivity contribution in [3.8, 4) is 17.2 Å². The van der Waals surface area contributed by atoms with Gasteiger partial charge in [0, 0.05) is 23.7 Å². The zero-order valence-electron chi connectivity index (χ0n) is 20.2. The number of rotatable bonds is 7. The van der Waals surface area contributed by atoms with E-state index >= 15 is 0 Å². The van der Waals surface area contributed by atoms with Crippen LogP contribution in [0.2, 0.25) is 5.02 Å². The van der Waals surface area contributed by atoms with Gasteiger partial charge in [-0.15, -0.1) is 0 Å². The number of benzene rings is 3. The van der Waals surface area contributed by atoms with Gasteiger partial charge < -0.3 is 19.0 Å². The molecule has 2 aliphatic rings. The van der Waals surface area contributed by atoms with Crippen LogP contribution in [0.25, 0.3) is 6.08 Å². The molecule has 5 rings (SSSR count). The molecule has 0 atom stereocenters. The zero-order valence-corrected chi connectivity index (χ0v) is 22.6. The largest absolute Gasteiger partial charge is 0.454 e. The van der Waals surface area contributed by atoms with E-state index in [1.807, 2.05) is 0 Å². The van der Waals surface area contributed by atoms with Crippen molar-refractivity contribution < 1.29 is 36.5 Å². The minimum Gasteiger partial charge on any atom is -0.454 e. The first-order chi connectivity index (χ1) is 18.6. The number of carbonyl (C=O) groups excluding carboxylic acids is 3. The van der Waals surface area contributed by atoms with Crippen molar-refractivity contribution in [1.29, 1.82) is 0 Å². The highest BCUT2D eigenvalue weighted by Crippen LogP contribution is 2.39. The normalized spacial score (nSPS) is 15.6. The van der Waals surface area contributed by atoms with Crippen molar-refractivity contribution in [3.05, 3.63) is 81.7 Å². The van der Waals surface area contributed by atoms with Gasteiger partial charge in [-0.3, -0.25) is 19.3 Å². The van der Waals surface area contributed by atoms with Gasteiger partial charge in [-0.1, -0.05) is 23.7 Å². The minimum absolute atomic E-state index is 0.0338. The summed E-state index contributed by atoms with van der Waals surface area (Å²) in [5, 5.41) is 2.45. The Labute approximate surface area is 232 Å². The molecule has 1 N–H and O–H groups in total. The van der Waals surface area contributed by atoms with Crippen LogP contribution in [0.5, 0.6) is 17.2 Å². The third-order valence-electron chi connectivity index (χ3n) is 5.59. The Balaban J connectivity index is 1.26. The van der Waals surface area contributed by atoms with Gasteiger partial charge in [0.25, 0.3) is 11.1 Å². The first-order valence-electron chi connectivity index (χ1n) is 11.3. The number of thioether (sulfide) groups is 1. The Morgan fingerprint density at radius 3 is 2.41 bits per heavy atom. The first kappa shape index (κ1) is 26.6. The zero-order chi connectivity index (χ0) is 27.7. The average molecular weight is 587 g/mol. The van der Waals surface area contributed by atoms with Crippen LogP contribution in [0.4, 0.5) is 10.5 Å². The standard InChI is InChI=1S/C26H19ClN2O8S2/c1-15(30)28-18-4-8-20(9-5-18)39(33,34)37-19-6-2-16(3-7-19)10-24-25(31)29(26(32)38-24)13-17-11-22-23(12-21(17)27)36-14-35-22/h2-12H,13-14H2,1H3,(H,28,30)/b24-10-. The molecule has 0 saturated carbocycles. The van der Waals surface area contributed by atoms with Gasteiger partial charge >= 0.3 is 10.1 Å². The van der Waals surface area contributed by atoms with Crippen molar-refractivity contribution >= 4 is 62.3 Å². The highest BCUT2D eigenvalue weighted by atomic mass is 35.5. The molecule has 3 aromatic rings. The van der Waals surface area contributed by atoms with Gasteiger partial charge in [0.05, 0.1) is 11.4 Å². The summed E-state index contributed by atoms with van der Waals surface area (Å²) in [6.07, 6.45) is 1.53. The fraction of sp³-hybridized carbons (Fsp3) is 0.115. The number of fused-ring (bicyclic) bond motifs is 1. The molecule has 200 valence electrons. The van der Waals surface area contributed by atoms with Crippen LogP contribution in [0.3, 0.4) is 0 Å². The Kier molecular flexibility index (Phi) is 7.25. The number of nitrogens with zero attached hydrogens (tertiary/aromatic N) is 1. The molecule has 3 aromatic carbocycles. The molecule has 0 bridgehead atoms. The molecule has 39 heavy (non-hydrogen) atoms. The summed E-state index contributed by atoms with van der Waals surface area (Å²) in [5.74, 6) is 0.287. The van der Waals surface area contributed by atoms with Crippen LogP contribution in [-0.2, 0) is 26.3 Å². The molecule has 2 aliphatic heterocycles. The van der Waals surface area contributed by atoms with Gasteiger partial charge in [-0.05, 0) is 71.4 Å². The molecule has 0 radical (unpaired) electrons. The highest BCUT2D eigenvalue weighted by molar-refractivity contribution is 8.18. The van der Waals surface area contributed by atoms with Crippen LogP contribution >= 0.6 is 23.4 Å². The van der Waals surface area contributed by atoms with E-state index < -0.39 is 21.3 Å². The molecule has 2 heterocycles. The molecular formula is C26H19ClN2O8S2. The minimum atomic E-state index is -4.12. The number of anilines is 1. The van der Waals surface area contributed by atoms with Crippen LogP contribution < -0.4 is 19.0 Å². The van der Waals surface area contributed by atoms with Crippen molar-refractivity contribution in [3.63, 3.8) is 0 Å². The fourth-order valence-electron chi connectivity index (χ4n) is 3.74. The molecule has 3 amide bonds. The number of carbonyl (C=O) groups is 3. The van der Waals surface area contributed by atoms with Crippen molar-refractivity contribution in [2.45, 2.75) is 18.4 Å². The second kappa shape index (κ2) is 10.6. The average Bonchev–Trinajstić information content (AvgIpc) is 3.44. The van der Waals surface area contributed by atoms with Gasteiger partial charge in [-0.25, -0.2) is 0 Å². The quantitative estimate of drug-likeness (QED) is 0.299. The van der Waals surface area contributed by atoms with Crippen LogP contribution in [0, 0.1) is 0 Å². The van der Waals surface area contributed by atoms with Crippen LogP contribution in [0.15, 0.2) is 70.5 Å². The number of nitrogens with one attached hydrogen (secondary N) is 1. The SMILES string of the molecule is CC(=O)Nc1ccc(S(=O)(=O)Oc2ccc(/C=C3\SC(=O)N(Cc4cc5c(cc4Cl)OCO5)C3=O)cc2)cc1. The van der Waals surface area contributed by atoms with E-state index in [0.717, 1.165) is 16.7 Å². The number of ether oxygens (including phenoxy) is 2. The predicted octanol–water partition coefficient (Wildman–Crippen LogP) is 5.03.